The summed E-state index contributed by atoms with van der Waals surface area (Å²) in [5.41, 5.74) is 0.355. The summed E-state index contributed by atoms with van der Waals surface area (Å²) >= 11 is 0. The van der Waals surface area contributed by atoms with E-state index in [4.69, 9.17) is 5.11 Å². The van der Waals surface area contributed by atoms with Crippen LogP contribution in [0.1, 0.15) is 40.7 Å². The standard InChI is InChI=1S/C15H17FN4O4/c1-2-3-12-14(20(23)24)13(19-18-12)15(22)17-7-9-4-5-11(16)10(6-9)8-21/h4-6,21H,2-3,7-8H2,1H3,(H,17,22)(H,18,19). The van der Waals surface area contributed by atoms with Crippen molar-refractivity contribution >= 4 is 11.6 Å². The van der Waals surface area contributed by atoms with Crippen LogP contribution in [0.5, 0.6) is 0 Å². The number of aliphatic hydroxyl groups excluding tert-OH is 1. The first-order chi connectivity index (χ1) is 11.5. The number of hydrogen-bond acceptors (Lipinski definition) is 5. The van der Waals surface area contributed by atoms with Gasteiger partial charge in [-0.3, -0.25) is 20.0 Å². The number of amides is 1. The summed E-state index contributed by atoms with van der Waals surface area (Å²) in [6, 6.07) is 4.05. The Morgan fingerprint density at radius 2 is 2.25 bits per heavy atom. The maximum Gasteiger partial charge on any atom is 0.322 e. The molecule has 0 aliphatic carbocycles. The van der Waals surface area contributed by atoms with Crippen molar-refractivity contribution in [1.82, 2.24) is 15.5 Å². The zero-order chi connectivity index (χ0) is 17.7. The molecule has 3 N–H and O–H groups in total. The van der Waals surface area contributed by atoms with Crippen molar-refractivity contribution in [1.29, 1.82) is 0 Å². The van der Waals surface area contributed by atoms with Gasteiger partial charge in [-0.1, -0.05) is 19.4 Å². The van der Waals surface area contributed by atoms with Crippen LogP contribution >= 0.6 is 0 Å². The number of aryl methyl sites for hydroxylation is 1. The Labute approximate surface area is 136 Å². The van der Waals surface area contributed by atoms with Gasteiger partial charge in [0.1, 0.15) is 11.5 Å². The molecule has 128 valence electrons. The van der Waals surface area contributed by atoms with Crippen LogP contribution in [0, 0.1) is 15.9 Å². The number of nitrogens with zero attached hydrogens (tertiary/aromatic N) is 2. The highest BCUT2D eigenvalue weighted by Gasteiger charge is 2.28. The van der Waals surface area contributed by atoms with Crippen LogP contribution in [0.15, 0.2) is 18.2 Å². The van der Waals surface area contributed by atoms with E-state index in [-0.39, 0.29) is 23.5 Å². The first-order valence-corrected chi connectivity index (χ1v) is 7.35. The predicted molar refractivity (Wildman–Crippen MR) is 82.7 cm³/mol. The van der Waals surface area contributed by atoms with Gasteiger partial charge in [-0.2, -0.15) is 5.10 Å². The van der Waals surface area contributed by atoms with Gasteiger partial charge in [0.25, 0.3) is 5.91 Å². The van der Waals surface area contributed by atoms with Gasteiger partial charge in [0, 0.05) is 12.1 Å². The Morgan fingerprint density at radius 3 is 2.88 bits per heavy atom. The highest BCUT2D eigenvalue weighted by Crippen LogP contribution is 2.22. The fraction of sp³-hybridized carbons (Fsp3) is 0.333. The van der Waals surface area contributed by atoms with Gasteiger partial charge in [0.05, 0.1) is 11.5 Å². The first-order valence-electron chi connectivity index (χ1n) is 7.35. The monoisotopic (exact) mass is 336 g/mol. The minimum absolute atomic E-state index is 0.0270. The molecule has 1 amide bonds. The van der Waals surface area contributed by atoms with Gasteiger partial charge in [0.2, 0.25) is 5.69 Å². The molecular weight excluding hydrogens is 319 g/mol. The lowest BCUT2D eigenvalue weighted by molar-refractivity contribution is -0.385. The summed E-state index contributed by atoms with van der Waals surface area (Å²) in [7, 11) is 0. The van der Waals surface area contributed by atoms with Crippen molar-refractivity contribution in [3.63, 3.8) is 0 Å². The average molecular weight is 336 g/mol. The van der Waals surface area contributed by atoms with Gasteiger partial charge >= 0.3 is 5.69 Å². The highest BCUT2D eigenvalue weighted by atomic mass is 19.1. The maximum absolute atomic E-state index is 13.3. The van der Waals surface area contributed by atoms with E-state index in [0.29, 0.717) is 24.1 Å². The summed E-state index contributed by atoms with van der Waals surface area (Å²) in [5.74, 6) is -1.24. The van der Waals surface area contributed by atoms with Crippen molar-refractivity contribution in [2.24, 2.45) is 0 Å². The lowest BCUT2D eigenvalue weighted by Gasteiger charge is -2.06. The van der Waals surface area contributed by atoms with Crippen LogP contribution in [0.2, 0.25) is 0 Å². The van der Waals surface area contributed by atoms with Crippen LogP contribution < -0.4 is 5.32 Å². The average Bonchev–Trinajstić information content (AvgIpc) is 2.98. The second-order valence-electron chi connectivity index (χ2n) is 5.17. The third-order valence-electron chi connectivity index (χ3n) is 3.44. The lowest BCUT2D eigenvalue weighted by atomic mass is 10.1. The molecule has 8 nitrogen and oxygen atoms in total. The molecule has 1 aromatic heterocycles. The van der Waals surface area contributed by atoms with E-state index in [9.17, 15) is 19.3 Å². The second-order valence-corrected chi connectivity index (χ2v) is 5.17. The van der Waals surface area contributed by atoms with Gasteiger partial charge in [-0.05, 0) is 24.1 Å². The number of rotatable bonds is 7. The largest absolute Gasteiger partial charge is 0.392 e. The van der Waals surface area contributed by atoms with Crippen LogP contribution in [0.4, 0.5) is 10.1 Å². The van der Waals surface area contributed by atoms with Crippen LogP contribution in [-0.4, -0.2) is 26.1 Å². The Hall–Kier alpha value is -2.81. The van der Waals surface area contributed by atoms with E-state index in [1.165, 1.54) is 18.2 Å². The minimum Gasteiger partial charge on any atom is -0.392 e. The molecule has 0 atom stereocenters. The van der Waals surface area contributed by atoms with E-state index in [1.807, 2.05) is 6.92 Å². The number of aromatic amines is 1. The van der Waals surface area contributed by atoms with Gasteiger partial charge in [-0.25, -0.2) is 4.39 Å². The van der Waals surface area contributed by atoms with Crippen molar-refractivity contribution in [3.8, 4) is 0 Å². The number of aromatic nitrogens is 2. The van der Waals surface area contributed by atoms with E-state index >= 15 is 0 Å². The Morgan fingerprint density at radius 1 is 1.50 bits per heavy atom. The molecule has 0 spiro atoms. The minimum atomic E-state index is -0.699. The number of aliphatic hydroxyl groups is 1. The smallest absolute Gasteiger partial charge is 0.322 e. The molecule has 0 aliphatic heterocycles. The normalized spacial score (nSPS) is 10.6. The first kappa shape index (κ1) is 17.5. The number of carbonyl (C=O) groups excluding carboxylic acids is 1. The van der Waals surface area contributed by atoms with Gasteiger partial charge in [0.15, 0.2) is 0 Å². The van der Waals surface area contributed by atoms with Gasteiger partial charge in [-0.15, -0.1) is 0 Å². The molecule has 0 saturated heterocycles. The quantitative estimate of drug-likeness (QED) is 0.526. The molecule has 1 aromatic carbocycles. The molecule has 2 rings (SSSR count). The van der Waals surface area contributed by atoms with Crippen molar-refractivity contribution in [2.45, 2.75) is 32.9 Å². The highest BCUT2D eigenvalue weighted by molar-refractivity contribution is 5.96. The SMILES string of the molecule is CCCc1[nH]nc(C(=O)NCc2ccc(F)c(CO)c2)c1[N+](=O)[O-]. The number of benzene rings is 1. The number of nitrogens with one attached hydrogen (secondary N) is 2. The molecule has 9 heteroatoms. The summed E-state index contributed by atoms with van der Waals surface area (Å²) in [6.45, 7) is 1.43. The lowest BCUT2D eigenvalue weighted by Crippen LogP contribution is -2.24. The van der Waals surface area contributed by atoms with Crippen LogP contribution in [0.3, 0.4) is 0 Å². The molecule has 1 heterocycles. The van der Waals surface area contributed by atoms with Gasteiger partial charge < -0.3 is 10.4 Å². The van der Waals surface area contributed by atoms with Crippen molar-refractivity contribution < 1.29 is 19.2 Å². The predicted octanol–water partition coefficient (Wildman–Crippen LogP) is 1.83. The van der Waals surface area contributed by atoms with Crippen LogP contribution in [-0.2, 0) is 19.6 Å². The summed E-state index contributed by atoms with van der Waals surface area (Å²) in [4.78, 5) is 22.7. The number of H-pyrrole nitrogens is 1. The molecular formula is C15H17FN4O4. The van der Waals surface area contributed by atoms with E-state index in [1.54, 1.807) is 0 Å². The molecule has 0 radical (unpaired) electrons. The number of halogens is 1. The Bertz CT molecular complexity index is 760. The molecule has 0 unspecified atom stereocenters. The summed E-state index contributed by atoms with van der Waals surface area (Å²) in [5, 5.41) is 29.0. The van der Waals surface area contributed by atoms with Crippen molar-refractivity contribution in [2.75, 3.05) is 0 Å². The zero-order valence-electron chi connectivity index (χ0n) is 13.0. The zero-order valence-corrected chi connectivity index (χ0v) is 13.0. The fourth-order valence-corrected chi connectivity index (χ4v) is 2.28. The topological polar surface area (TPSA) is 121 Å². The molecule has 0 saturated carbocycles. The van der Waals surface area contributed by atoms with Crippen LogP contribution in [0.25, 0.3) is 0 Å². The number of carbonyl (C=O) groups is 1. The molecule has 2 aromatic rings. The Kier molecular flexibility index (Phi) is 5.59. The fourth-order valence-electron chi connectivity index (χ4n) is 2.28. The van der Waals surface area contributed by atoms with E-state index in [0.717, 1.165) is 0 Å². The number of hydrogen-bond donors (Lipinski definition) is 3. The molecule has 24 heavy (non-hydrogen) atoms. The molecule has 0 bridgehead atoms. The number of nitro groups is 1. The summed E-state index contributed by atoms with van der Waals surface area (Å²) in [6.07, 6.45) is 1.08. The second kappa shape index (κ2) is 7.64. The van der Waals surface area contributed by atoms with E-state index in [2.05, 4.69) is 15.5 Å². The maximum atomic E-state index is 13.3. The molecule has 0 aliphatic rings. The molecule has 0 fully saturated rings. The third kappa shape index (κ3) is 3.74. The van der Waals surface area contributed by atoms with Crippen molar-refractivity contribution in [3.05, 3.63) is 56.6 Å². The summed E-state index contributed by atoms with van der Waals surface area (Å²) < 4.78 is 13.3. The van der Waals surface area contributed by atoms with E-state index < -0.39 is 23.3 Å². The third-order valence-corrected chi connectivity index (χ3v) is 3.44. The Balaban J connectivity index is 2.14.